The highest BCUT2D eigenvalue weighted by molar-refractivity contribution is 7.89. The van der Waals surface area contributed by atoms with Crippen molar-refractivity contribution >= 4 is 26.7 Å². The highest BCUT2D eigenvalue weighted by Gasteiger charge is 2.30. The van der Waals surface area contributed by atoms with E-state index in [0.717, 1.165) is 16.9 Å². The van der Waals surface area contributed by atoms with Crippen LogP contribution in [0.3, 0.4) is 0 Å². The van der Waals surface area contributed by atoms with Crippen LogP contribution in [0.2, 0.25) is 0 Å². The quantitative estimate of drug-likeness (QED) is 0.710. The third-order valence-corrected chi connectivity index (χ3v) is 6.72. The van der Waals surface area contributed by atoms with Gasteiger partial charge in [-0.05, 0) is 42.8 Å². The summed E-state index contributed by atoms with van der Waals surface area (Å²) in [5.74, 6) is 0.884. The van der Waals surface area contributed by atoms with Crippen molar-refractivity contribution in [3.05, 3.63) is 60.4 Å². The maximum atomic E-state index is 13.2. The molecule has 6 nitrogen and oxygen atoms in total. The van der Waals surface area contributed by atoms with Gasteiger partial charge in [-0.25, -0.2) is 13.4 Å². The van der Waals surface area contributed by atoms with Gasteiger partial charge in [0.05, 0.1) is 10.4 Å². The van der Waals surface area contributed by atoms with Gasteiger partial charge in [0.15, 0.2) is 0 Å². The second kappa shape index (κ2) is 6.66. The molecule has 0 bridgehead atoms. The molecule has 1 fully saturated rings. The van der Waals surface area contributed by atoms with Crippen LogP contribution in [0.15, 0.2) is 59.8 Å². The molecule has 26 heavy (non-hydrogen) atoms. The molecule has 1 aromatic carbocycles. The fourth-order valence-electron chi connectivity index (χ4n) is 3.35. The van der Waals surface area contributed by atoms with Crippen molar-refractivity contribution in [2.75, 3.05) is 31.1 Å². The lowest BCUT2D eigenvalue weighted by Crippen LogP contribution is -2.48. The predicted molar refractivity (Wildman–Crippen MR) is 102 cm³/mol. The Kier molecular flexibility index (Phi) is 4.34. The maximum Gasteiger partial charge on any atom is 0.243 e. The number of anilines is 1. The van der Waals surface area contributed by atoms with Crippen molar-refractivity contribution in [1.82, 2.24) is 14.3 Å². The van der Waals surface area contributed by atoms with E-state index >= 15 is 0 Å². The minimum absolute atomic E-state index is 0.331. The Labute approximate surface area is 153 Å². The highest BCUT2D eigenvalue weighted by atomic mass is 32.2. The molecule has 2 aromatic heterocycles. The number of pyridine rings is 2. The van der Waals surface area contributed by atoms with Gasteiger partial charge >= 0.3 is 0 Å². The molecule has 0 saturated carbocycles. The second-order valence-electron chi connectivity index (χ2n) is 6.36. The van der Waals surface area contributed by atoms with Crippen molar-refractivity contribution < 1.29 is 8.42 Å². The van der Waals surface area contributed by atoms with E-state index in [1.807, 2.05) is 37.3 Å². The predicted octanol–water partition coefficient (Wildman–Crippen LogP) is 2.45. The first kappa shape index (κ1) is 16.9. The molecular formula is C19H20N4O2S. The van der Waals surface area contributed by atoms with Crippen LogP contribution in [0.25, 0.3) is 10.9 Å². The van der Waals surface area contributed by atoms with Crippen molar-refractivity contribution in [3.8, 4) is 0 Å². The number of rotatable bonds is 3. The van der Waals surface area contributed by atoms with Gasteiger partial charge in [0.25, 0.3) is 0 Å². The van der Waals surface area contributed by atoms with E-state index in [-0.39, 0.29) is 0 Å². The van der Waals surface area contributed by atoms with Gasteiger partial charge in [0.2, 0.25) is 10.0 Å². The van der Waals surface area contributed by atoms with Crippen LogP contribution in [0.5, 0.6) is 0 Å². The molecule has 0 N–H and O–H groups in total. The minimum atomic E-state index is -3.56. The van der Waals surface area contributed by atoms with Crippen LogP contribution in [0.4, 0.5) is 5.82 Å². The standard InChI is InChI=1S/C19H20N4O2S/c1-15-7-8-17(16-5-4-10-21-19(15)16)26(24,25)23-13-11-22(12-14-23)18-6-2-3-9-20-18/h2-10H,11-14H2,1H3. The number of hydrogen-bond acceptors (Lipinski definition) is 5. The van der Waals surface area contributed by atoms with Crippen molar-refractivity contribution in [1.29, 1.82) is 0 Å². The molecule has 0 radical (unpaired) electrons. The molecule has 3 aromatic rings. The van der Waals surface area contributed by atoms with E-state index in [4.69, 9.17) is 0 Å². The van der Waals surface area contributed by atoms with Gasteiger partial charge < -0.3 is 4.90 Å². The number of nitrogens with zero attached hydrogens (tertiary/aromatic N) is 4. The van der Waals surface area contributed by atoms with E-state index < -0.39 is 10.0 Å². The average Bonchev–Trinajstić information content (AvgIpc) is 2.69. The lowest BCUT2D eigenvalue weighted by molar-refractivity contribution is 0.384. The Morgan fingerprint density at radius 3 is 2.38 bits per heavy atom. The van der Waals surface area contributed by atoms with Crippen LogP contribution < -0.4 is 4.90 Å². The molecule has 1 saturated heterocycles. The maximum absolute atomic E-state index is 13.2. The fourth-order valence-corrected chi connectivity index (χ4v) is 4.95. The number of hydrogen-bond donors (Lipinski definition) is 0. The number of piperazine rings is 1. The molecule has 1 aliphatic rings. The molecule has 3 heterocycles. The Balaban J connectivity index is 1.62. The first-order valence-electron chi connectivity index (χ1n) is 8.58. The number of benzene rings is 1. The summed E-state index contributed by atoms with van der Waals surface area (Å²) in [6, 6.07) is 12.9. The largest absolute Gasteiger partial charge is 0.354 e. The summed E-state index contributed by atoms with van der Waals surface area (Å²) in [7, 11) is -3.56. The average molecular weight is 368 g/mol. The van der Waals surface area contributed by atoms with Gasteiger partial charge in [-0.1, -0.05) is 12.1 Å². The number of fused-ring (bicyclic) bond motifs is 1. The Morgan fingerprint density at radius 2 is 1.65 bits per heavy atom. The van der Waals surface area contributed by atoms with Crippen LogP contribution in [-0.4, -0.2) is 48.9 Å². The van der Waals surface area contributed by atoms with E-state index in [0.29, 0.717) is 36.5 Å². The zero-order valence-corrected chi connectivity index (χ0v) is 15.4. The minimum Gasteiger partial charge on any atom is -0.354 e. The second-order valence-corrected chi connectivity index (χ2v) is 8.27. The summed E-state index contributed by atoms with van der Waals surface area (Å²) in [6.45, 7) is 4.07. The summed E-state index contributed by atoms with van der Waals surface area (Å²) in [5, 5.41) is 0.680. The molecule has 134 valence electrons. The molecule has 0 unspecified atom stereocenters. The van der Waals surface area contributed by atoms with Crippen molar-refractivity contribution in [2.24, 2.45) is 0 Å². The van der Waals surface area contributed by atoms with E-state index in [1.165, 1.54) is 0 Å². The Hall–Kier alpha value is -2.51. The fraction of sp³-hybridized carbons (Fsp3) is 0.263. The summed E-state index contributed by atoms with van der Waals surface area (Å²) in [5.41, 5.74) is 1.71. The van der Waals surface area contributed by atoms with Gasteiger partial charge in [0.1, 0.15) is 5.82 Å². The van der Waals surface area contributed by atoms with Gasteiger partial charge in [-0.2, -0.15) is 4.31 Å². The molecule has 0 spiro atoms. The molecule has 0 atom stereocenters. The Bertz CT molecular complexity index is 1030. The van der Waals surface area contributed by atoms with Crippen molar-refractivity contribution in [3.63, 3.8) is 0 Å². The summed E-state index contributed by atoms with van der Waals surface area (Å²) < 4.78 is 28.0. The first-order chi connectivity index (χ1) is 12.6. The molecule has 4 rings (SSSR count). The van der Waals surface area contributed by atoms with E-state index in [1.54, 1.807) is 28.8 Å². The monoisotopic (exact) mass is 368 g/mol. The first-order valence-corrected chi connectivity index (χ1v) is 10.0. The molecule has 0 amide bonds. The van der Waals surface area contributed by atoms with Crippen LogP contribution in [0, 0.1) is 6.92 Å². The smallest absolute Gasteiger partial charge is 0.243 e. The third-order valence-electron chi connectivity index (χ3n) is 4.76. The number of aromatic nitrogens is 2. The summed E-state index contributed by atoms with van der Waals surface area (Å²) in [6.07, 6.45) is 3.45. The zero-order chi connectivity index (χ0) is 18.1. The topological polar surface area (TPSA) is 66.4 Å². The summed E-state index contributed by atoms with van der Waals surface area (Å²) >= 11 is 0. The van der Waals surface area contributed by atoms with Gasteiger partial charge in [-0.15, -0.1) is 0 Å². The zero-order valence-electron chi connectivity index (χ0n) is 14.5. The number of aryl methyl sites for hydroxylation is 1. The van der Waals surface area contributed by atoms with Crippen LogP contribution >= 0.6 is 0 Å². The normalized spacial score (nSPS) is 16.1. The molecule has 0 aliphatic carbocycles. The van der Waals surface area contributed by atoms with Crippen molar-refractivity contribution in [2.45, 2.75) is 11.8 Å². The molecule has 7 heteroatoms. The van der Waals surface area contributed by atoms with Crippen LogP contribution in [-0.2, 0) is 10.0 Å². The van der Waals surface area contributed by atoms with Gasteiger partial charge in [0, 0.05) is 44.0 Å². The Morgan fingerprint density at radius 1 is 0.885 bits per heavy atom. The van der Waals surface area contributed by atoms with E-state index in [2.05, 4.69) is 14.9 Å². The molecule has 1 aliphatic heterocycles. The number of sulfonamides is 1. The lowest BCUT2D eigenvalue weighted by Gasteiger charge is -2.34. The van der Waals surface area contributed by atoms with E-state index in [9.17, 15) is 8.42 Å². The lowest BCUT2D eigenvalue weighted by atomic mass is 10.1. The van der Waals surface area contributed by atoms with Gasteiger partial charge in [-0.3, -0.25) is 4.98 Å². The van der Waals surface area contributed by atoms with Crippen LogP contribution in [0.1, 0.15) is 5.56 Å². The highest BCUT2D eigenvalue weighted by Crippen LogP contribution is 2.27. The summed E-state index contributed by atoms with van der Waals surface area (Å²) in [4.78, 5) is 11.1. The molecular weight excluding hydrogens is 348 g/mol. The third kappa shape index (κ3) is 2.93. The SMILES string of the molecule is Cc1ccc(S(=O)(=O)N2CCN(c3ccccn3)CC2)c2cccnc12.